The van der Waals surface area contributed by atoms with Crippen molar-refractivity contribution in [1.29, 1.82) is 0 Å². The summed E-state index contributed by atoms with van der Waals surface area (Å²) < 4.78 is 10.1. The average molecular weight is 498 g/mol. The van der Waals surface area contributed by atoms with Crippen LogP contribution in [0.4, 0.5) is 28.4 Å². The second kappa shape index (κ2) is 13.8. The molecule has 3 rings (SSSR count). The number of likely N-dealkylation sites (N-methyl/N-ethyl adjacent to an activating group) is 1. The molecule has 0 radical (unpaired) electrons. The number of nitrogens with zero attached hydrogens (tertiary/aromatic N) is 5. The van der Waals surface area contributed by atoms with Gasteiger partial charge in [0.1, 0.15) is 12.4 Å². The van der Waals surface area contributed by atoms with E-state index in [9.17, 15) is 9.59 Å². The number of ether oxygens (including phenoxy) is 2. The first kappa shape index (κ1) is 26.7. The second-order valence-electron chi connectivity index (χ2n) is 7.50. The smallest absolute Gasteiger partial charge is 0.335 e. The molecule has 0 fully saturated rings. The molecule has 3 aromatic rings. The van der Waals surface area contributed by atoms with Gasteiger partial charge in [0.2, 0.25) is 0 Å². The fourth-order valence-electron chi connectivity index (χ4n) is 3.07. The van der Waals surface area contributed by atoms with Crippen LogP contribution in [0.1, 0.15) is 6.92 Å². The molecule has 9 heteroatoms. The highest BCUT2D eigenvalue weighted by Crippen LogP contribution is 2.25. The van der Waals surface area contributed by atoms with Gasteiger partial charge < -0.3 is 14.4 Å². The molecule has 0 aromatic heterocycles. The van der Waals surface area contributed by atoms with Crippen LogP contribution >= 0.6 is 0 Å². The fraction of sp³-hybridized carbons (Fsp3) is 0.143. The van der Waals surface area contributed by atoms with E-state index in [2.05, 4.69) is 38.5 Å². The lowest BCUT2D eigenvalue weighted by atomic mass is 10.2. The maximum absolute atomic E-state index is 11.2. The molecule has 0 unspecified atom stereocenters. The minimum absolute atomic E-state index is 0.287. The first-order valence-corrected chi connectivity index (χ1v) is 11.5. The van der Waals surface area contributed by atoms with Crippen LogP contribution in [-0.4, -0.2) is 31.6 Å². The van der Waals surface area contributed by atoms with Crippen molar-refractivity contribution in [3.8, 4) is 5.75 Å². The Hall–Kier alpha value is -4.92. The molecule has 0 heterocycles. The van der Waals surface area contributed by atoms with Gasteiger partial charge in [-0.2, -0.15) is 20.5 Å². The molecule has 9 nitrogen and oxygen atoms in total. The third kappa shape index (κ3) is 8.66. The number of carbonyl (C=O) groups is 2. The molecule has 3 aromatic carbocycles. The van der Waals surface area contributed by atoms with Gasteiger partial charge >= 0.3 is 11.9 Å². The fourth-order valence-corrected chi connectivity index (χ4v) is 3.07. The Morgan fingerprint density at radius 2 is 1.16 bits per heavy atom. The quantitative estimate of drug-likeness (QED) is 0.114. The maximum Gasteiger partial charge on any atom is 0.335 e. The van der Waals surface area contributed by atoms with Crippen LogP contribution in [0.3, 0.4) is 0 Å². The van der Waals surface area contributed by atoms with Crippen LogP contribution < -0.4 is 9.64 Å². The van der Waals surface area contributed by atoms with Crippen molar-refractivity contribution in [2.75, 3.05) is 24.6 Å². The molecule has 0 aliphatic carbocycles. The number of benzene rings is 3. The van der Waals surface area contributed by atoms with E-state index in [1.54, 1.807) is 48.5 Å². The minimum atomic E-state index is -0.521. The molecule has 188 valence electrons. The van der Waals surface area contributed by atoms with Gasteiger partial charge in [0, 0.05) is 24.4 Å². The number of esters is 2. The lowest BCUT2D eigenvalue weighted by molar-refractivity contribution is -0.137. The van der Waals surface area contributed by atoms with Crippen molar-refractivity contribution in [3.63, 3.8) is 0 Å². The topological polar surface area (TPSA) is 105 Å². The van der Waals surface area contributed by atoms with Crippen LogP contribution in [0, 0.1) is 0 Å². The summed E-state index contributed by atoms with van der Waals surface area (Å²) >= 11 is 0. The normalized spacial score (nSPS) is 10.8. The first-order valence-electron chi connectivity index (χ1n) is 11.5. The van der Waals surface area contributed by atoms with E-state index < -0.39 is 11.9 Å². The highest BCUT2D eigenvalue weighted by Gasteiger charge is 2.06. The first-order chi connectivity index (χ1) is 18.0. The Balaban J connectivity index is 1.54. The zero-order valence-electron chi connectivity index (χ0n) is 20.5. The van der Waals surface area contributed by atoms with Gasteiger partial charge in [-0.3, -0.25) is 0 Å². The van der Waals surface area contributed by atoms with Crippen molar-refractivity contribution >= 4 is 40.4 Å². The second-order valence-corrected chi connectivity index (χ2v) is 7.50. The van der Waals surface area contributed by atoms with Gasteiger partial charge in [-0.05, 0) is 79.7 Å². The lowest BCUT2D eigenvalue weighted by Gasteiger charge is -2.22. The number of rotatable bonds is 12. The largest absolute Gasteiger partial charge is 0.461 e. The van der Waals surface area contributed by atoms with Gasteiger partial charge in [0.05, 0.1) is 29.3 Å². The van der Waals surface area contributed by atoms with Crippen LogP contribution in [0.15, 0.2) is 119 Å². The van der Waals surface area contributed by atoms with E-state index in [4.69, 9.17) is 9.47 Å². The zero-order chi connectivity index (χ0) is 26.5. The zero-order valence-corrected chi connectivity index (χ0v) is 20.5. The van der Waals surface area contributed by atoms with Gasteiger partial charge in [0.15, 0.2) is 0 Å². The van der Waals surface area contributed by atoms with Crippen molar-refractivity contribution in [2.24, 2.45) is 20.5 Å². The maximum atomic E-state index is 11.2. The molecule has 0 saturated carbocycles. The van der Waals surface area contributed by atoms with E-state index in [1.807, 2.05) is 31.2 Å². The molecule has 0 atom stereocenters. The van der Waals surface area contributed by atoms with E-state index in [0.29, 0.717) is 35.0 Å². The Morgan fingerprint density at radius 3 is 1.59 bits per heavy atom. The van der Waals surface area contributed by atoms with Crippen molar-refractivity contribution < 1.29 is 19.1 Å². The third-order valence-electron chi connectivity index (χ3n) is 5.00. The number of hydrogen-bond donors (Lipinski definition) is 0. The standard InChI is InChI=1S/C28H27N5O4/c1-4-27(34)36-20-19-33(6-3)25-15-11-23(12-16-25)31-29-21-7-9-22(10-8-21)30-32-24-13-17-26(18-14-24)37-28(35)5-2/h4-5,7-18H,1-2,6,19-20H2,3H3. The summed E-state index contributed by atoms with van der Waals surface area (Å²) in [5.41, 5.74) is 3.66. The average Bonchev–Trinajstić information content (AvgIpc) is 2.94. The van der Waals surface area contributed by atoms with Gasteiger partial charge in [-0.15, -0.1) is 0 Å². The van der Waals surface area contributed by atoms with E-state index in [0.717, 1.165) is 24.4 Å². The summed E-state index contributed by atoms with van der Waals surface area (Å²) in [5.74, 6) is -0.544. The molecule has 0 N–H and O–H groups in total. The van der Waals surface area contributed by atoms with Gasteiger partial charge in [-0.25, -0.2) is 9.59 Å². The summed E-state index contributed by atoms with van der Waals surface area (Å²) in [6.45, 7) is 10.4. The molecular formula is C28H27N5O4. The van der Waals surface area contributed by atoms with E-state index >= 15 is 0 Å². The van der Waals surface area contributed by atoms with Gasteiger partial charge in [-0.1, -0.05) is 13.2 Å². The molecular weight excluding hydrogens is 470 g/mol. The van der Waals surface area contributed by atoms with Crippen LogP contribution in [-0.2, 0) is 14.3 Å². The van der Waals surface area contributed by atoms with E-state index in [1.165, 1.54) is 0 Å². The van der Waals surface area contributed by atoms with Crippen LogP contribution in [0.5, 0.6) is 5.75 Å². The Kier molecular flexibility index (Phi) is 9.98. The highest BCUT2D eigenvalue weighted by molar-refractivity contribution is 5.83. The van der Waals surface area contributed by atoms with Crippen LogP contribution in [0.25, 0.3) is 0 Å². The van der Waals surface area contributed by atoms with E-state index in [-0.39, 0.29) is 6.61 Å². The predicted octanol–water partition coefficient (Wildman–Crippen LogP) is 7.16. The molecule has 0 aliphatic rings. The number of anilines is 1. The van der Waals surface area contributed by atoms with Crippen molar-refractivity contribution in [2.45, 2.75) is 6.92 Å². The summed E-state index contributed by atoms with van der Waals surface area (Å²) in [6, 6.07) is 21.5. The molecule has 0 amide bonds. The summed E-state index contributed by atoms with van der Waals surface area (Å²) in [7, 11) is 0. The highest BCUT2D eigenvalue weighted by atomic mass is 16.5. The van der Waals surface area contributed by atoms with Crippen LogP contribution in [0.2, 0.25) is 0 Å². The molecule has 0 bridgehead atoms. The van der Waals surface area contributed by atoms with Crippen molar-refractivity contribution in [3.05, 3.63) is 98.1 Å². The Bertz CT molecular complexity index is 1270. The summed E-state index contributed by atoms with van der Waals surface area (Å²) in [4.78, 5) is 24.5. The molecule has 0 spiro atoms. The lowest BCUT2D eigenvalue weighted by Crippen LogP contribution is -2.27. The molecule has 0 aliphatic heterocycles. The van der Waals surface area contributed by atoms with Crippen molar-refractivity contribution in [1.82, 2.24) is 0 Å². The Morgan fingerprint density at radius 1 is 0.730 bits per heavy atom. The summed E-state index contributed by atoms with van der Waals surface area (Å²) in [6.07, 6.45) is 2.25. The Labute approximate surface area is 215 Å². The number of hydrogen-bond acceptors (Lipinski definition) is 9. The minimum Gasteiger partial charge on any atom is -0.461 e. The third-order valence-corrected chi connectivity index (χ3v) is 5.00. The number of carbonyl (C=O) groups excluding carboxylic acids is 2. The molecule has 0 saturated heterocycles. The number of azo groups is 2. The summed E-state index contributed by atoms with van der Waals surface area (Å²) in [5, 5.41) is 16.9. The monoisotopic (exact) mass is 497 g/mol. The molecule has 37 heavy (non-hydrogen) atoms. The predicted molar refractivity (Wildman–Crippen MR) is 143 cm³/mol. The SMILES string of the molecule is C=CC(=O)OCCN(CC)c1ccc(N=Nc2ccc(N=Nc3ccc(OC(=O)C=C)cc3)cc2)cc1. The van der Waals surface area contributed by atoms with Gasteiger partial charge in [0.25, 0.3) is 0 Å².